The molecule has 13 N–H and O–H groups in total. The molecular formula is C17H30N8O8S. The van der Waals surface area contributed by atoms with E-state index in [0.29, 0.717) is 0 Å². The van der Waals surface area contributed by atoms with Crippen molar-refractivity contribution in [1.29, 1.82) is 0 Å². The summed E-state index contributed by atoms with van der Waals surface area (Å²) in [4.78, 5) is 74.6. The molecule has 4 unspecified atom stereocenters. The van der Waals surface area contributed by atoms with Crippen LogP contribution in [0.2, 0.25) is 0 Å². The van der Waals surface area contributed by atoms with Gasteiger partial charge >= 0.3 is 11.9 Å². The second-order valence-corrected chi connectivity index (χ2v) is 7.39. The zero-order valence-electron chi connectivity index (χ0n) is 18.1. The van der Waals surface area contributed by atoms with Crippen LogP contribution in [0.15, 0.2) is 4.99 Å². The molecule has 0 aliphatic carbocycles. The van der Waals surface area contributed by atoms with Gasteiger partial charge in [-0.1, -0.05) is 0 Å². The number of aliphatic imine (C=N–C) groups is 1. The van der Waals surface area contributed by atoms with E-state index in [0.717, 1.165) is 0 Å². The molecule has 34 heavy (non-hydrogen) atoms. The van der Waals surface area contributed by atoms with Crippen molar-refractivity contribution in [1.82, 2.24) is 16.0 Å². The summed E-state index contributed by atoms with van der Waals surface area (Å²) in [5.41, 5.74) is 21.0. The Morgan fingerprint density at radius 1 is 0.824 bits per heavy atom. The fourth-order valence-electron chi connectivity index (χ4n) is 2.46. The number of carbonyl (C=O) groups is 6. The number of carboxylic acids is 2. The van der Waals surface area contributed by atoms with Crippen LogP contribution >= 0.6 is 12.6 Å². The summed E-state index contributed by atoms with van der Waals surface area (Å²) >= 11 is 3.90. The van der Waals surface area contributed by atoms with Crippen molar-refractivity contribution >= 4 is 54.2 Å². The molecular weight excluding hydrogens is 476 g/mol. The van der Waals surface area contributed by atoms with E-state index in [-0.39, 0.29) is 31.1 Å². The van der Waals surface area contributed by atoms with E-state index in [2.05, 4.69) is 28.3 Å². The van der Waals surface area contributed by atoms with Crippen LogP contribution in [0.5, 0.6) is 0 Å². The van der Waals surface area contributed by atoms with Gasteiger partial charge in [0, 0.05) is 12.3 Å². The average Bonchev–Trinajstić information content (AvgIpc) is 2.72. The van der Waals surface area contributed by atoms with Gasteiger partial charge in [0.05, 0.1) is 18.9 Å². The lowest BCUT2D eigenvalue weighted by atomic mass is 10.1. The van der Waals surface area contributed by atoms with Gasteiger partial charge in [-0.25, -0.2) is 4.79 Å². The molecule has 0 saturated heterocycles. The van der Waals surface area contributed by atoms with Gasteiger partial charge in [-0.05, 0) is 12.8 Å². The maximum Gasteiger partial charge on any atom is 0.326 e. The number of hydrogen-bond donors (Lipinski definition) is 10. The third-order valence-electron chi connectivity index (χ3n) is 4.14. The van der Waals surface area contributed by atoms with Crippen LogP contribution in [-0.4, -0.2) is 88.2 Å². The molecule has 4 amide bonds. The monoisotopic (exact) mass is 506 g/mol. The smallest absolute Gasteiger partial charge is 0.326 e. The Bertz CT molecular complexity index is 804. The molecule has 0 bridgehead atoms. The lowest BCUT2D eigenvalue weighted by Gasteiger charge is -2.24. The third kappa shape index (κ3) is 12.4. The van der Waals surface area contributed by atoms with E-state index in [1.165, 1.54) is 0 Å². The number of nitrogens with one attached hydrogen (secondary N) is 3. The zero-order chi connectivity index (χ0) is 26.4. The average molecular weight is 507 g/mol. The van der Waals surface area contributed by atoms with Gasteiger partial charge in [0.25, 0.3) is 0 Å². The van der Waals surface area contributed by atoms with E-state index in [1.807, 2.05) is 5.32 Å². The summed E-state index contributed by atoms with van der Waals surface area (Å²) in [5.74, 6) is -7.22. The number of primary amides is 1. The first kappa shape index (κ1) is 30.4. The van der Waals surface area contributed by atoms with Crippen LogP contribution in [0, 0.1) is 0 Å². The highest BCUT2D eigenvalue weighted by atomic mass is 32.1. The summed E-state index contributed by atoms with van der Waals surface area (Å²) < 4.78 is 0. The first-order valence-electron chi connectivity index (χ1n) is 9.84. The minimum atomic E-state index is -1.75. The van der Waals surface area contributed by atoms with Crippen molar-refractivity contribution in [2.24, 2.45) is 27.9 Å². The number of carboxylic acid groups (broad SMARTS) is 2. The SMILES string of the molecule is NC(=O)CC(NC(=O)C(CC(=O)O)NC(=O)C(CCCN=C(N)N)NC(=O)C(N)CS)C(=O)O. The third-order valence-corrected chi connectivity index (χ3v) is 4.54. The molecule has 192 valence electrons. The highest BCUT2D eigenvalue weighted by Gasteiger charge is 2.31. The van der Waals surface area contributed by atoms with Gasteiger partial charge in [-0.3, -0.25) is 29.0 Å². The number of hydrogen-bond acceptors (Lipinski definition) is 9. The maximum atomic E-state index is 12.8. The minimum absolute atomic E-state index is 0.0194. The number of nitrogens with two attached hydrogens (primary N) is 4. The van der Waals surface area contributed by atoms with E-state index in [1.54, 1.807) is 0 Å². The molecule has 0 aromatic heterocycles. The molecule has 0 fully saturated rings. The van der Waals surface area contributed by atoms with E-state index in [9.17, 15) is 28.8 Å². The number of rotatable bonds is 16. The number of carbonyl (C=O) groups excluding carboxylic acids is 4. The maximum absolute atomic E-state index is 12.8. The number of aliphatic carboxylic acids is 2. The molecule has 0 aromatic rings. The predicted octanol–water partition coefficient (Wildman–Crippen LogP) is -4.81. The number of thiol groups is 1. The molecule has 0 aliphatic rings. The lowest BCUT2D eigenvalue weighted by Crippen LogP contribution is -2.57. The first-order chi connectivity index (χ1) is 15.8. The molecule has 0 aliphatic heterocycles. The quantitative estimate of drug-likeness (QED) is 0.0410. The largest absolute Gasteiger partial charge is 0.481 e. The van der Waals surface area contributed by atoms with Gasteiger partial charge < -0.3 is 49.1 Å². The summed E-state index contributed by atoms with van der Waals surface area (Å²) in [6, 6.07) is -5.81. The molecule has 0 radical (unpaired) electrons. The van der Waals surface area contributed by atoms with E-state index in [4.69, 9.17) is 33.1 Å². The fraction of sp³-hybridized carbons (Fsp3) is 0.588. The molecule has 0 aromatic carbocycles. The fourth-order valence-corrected chi connectivity index (χ4v) is 2.63. The van der Waals surface area contributed by atoms with Crippen molar-refractivity contribution in [2.45, 2.75) is 49.9 Å². The Hall–Kier alpha value is -3.60. The Morgan fingerprint density at radius 2 is 1.35 bits per heavy atom. The molecule has 17 heteroatoms. The molecule has 0 heterocycles. The van der Waals surface area contributed by atoms with Crippen LogP contribution in [0.1, 0.15) is 25.7 Å². The van der Waals surface area contributed by atoms with Crippen LogP contribution in [0.25, 0.3) is 0 Å². The lowest BCUT2D eigenvalue weighted by molar-refractivity contribution is -0.144. The normalized spacial score (nSPS) is 13.9. The van der Waals surface area contributed by atoms with Gasteiger partial charge in [-0.15, -0.1) is 0 Å². The van der Waals surface area contributed by atoms with Gasteiger partial charge in [-0.2, -0.15) is 12.6 Å². The van der Waals surface area contributed by atoms with Crippen LogP contribution in [-0.2, 0) is 28.8 Å². The van der Waals surface area contributed by atoms with Crippen LogP contribution < -0.4 is 38.9 Å². The second kappa shape index (κ2) is 15.3. The number of amides is 4. The molecule has 0 rings (SSSR count). The summed E-state index contributed by atoms with van der Waals surface area (Å²) in [6.45, 7) is 0.104. The van der Waals surface area contributed by atoms with E-state index < -0.39 is 72.6 Å². The van der Waals surface area contributed by atoms with Crippen molar-refractivity contribution in [3.05, 3.63) is 0 Å². The minimum Gasteiger partial charge on any atom is -0.481 e. The van der Waals surface area contributed by atoms with E-state index >= 15 is 0 Å². The van der Waals surface area contributed by atoms with Gasteiger partial charge in [0.1, 0.15) is 18.1 Å². The van der Waals surface area contributed by atoms with Crippen molar-refractivity contribution in [3.8, 4) is 0 Å². The first-order valence-corrected chi connectivity index (χ1v) is 10.5. The van der Waals surface area contributed by atoms with Crippen LogP contribution in [0.4, 0.5) is 0 Å². The highest BCUT2D eigenvalue weighted by molar-refractivity contribution is 7.80. The second-order valence-electron chi connectivity index (χ2n) is 7.03. The van der Waals surface area contributed by atoms with Crippen molar-refractivity contribution in [3.63, 3.8) is 0 Å². The standard InChI is InChI=1S/C17H30N8O8S/c18-7(6-34)13(29)23-8(2-1-3-22-17(20)21)14(30)24-9(5-12(27)28)15(31)25-10(16(32)33)4-11(19)26/h7-10,34H,1-6,18H2,(H2,19,26)(H,23,29)(H,24,30)(H,25,31)(H,27,28)(H,32,33)(H4,20,21,22). The number of guanidine groups is 1. The number of nitrogens with zero attached hydrogens (tertiary/aromatic N) is 1. The molecule has 4 atom stereocenters. The summed E-state index contributed by atoms with van der Waals surface area (Å²) in [7, 11) is 0. The summed E-state index contributed by atoms with van der Waals surface area (Å²) in [6.07, 6.45) is -1.50. The molecule has 16 nitrogen and oxygen atoms in total. The Kier molecular flexibility index (Phi) is 13.7. The van der Waals surface area contributed by atoms with Crippen molar-refractivity contribution < 1.29 is 39.0 Å². The molecule has 0 saturated carbocycles. The summed E-state index contributed by atoms with van der Waals surface area (Å²) in [5, 5.41) is 24.7. The topological polar surface area (TPSA) is 295 Å². The zero-order valence-corrected chi connectivity index (χ0v) is 19.0. The van der Waals surface area contributed by atoms with Crippen molar-refractivity contribution in [2.75, 3.05) is 12.3 Å². The Balaban J connectivity index is 5.57. The van der Waals surface area contributed by atoms with Gasteiger partial charge in [0.15, 0.2) is 5.96 Å². The van der Waals surface area contributed by atoms with Crippen LogP contribution in [0.3, 0.4) is 0 Å². The predicted molar refractivity (Wildman–Crippen MR) is 121 cm³/mol. The Labute approximate surface area is 199 Å². The Morgan fingerprint density at radius 3 is 1.82 bits per heavy atom. The highest BCUT2D eigenvalue weighted by Crippen LogP contribution is 2.04. The molecule has 0 spiro atoms. The van der Waals surface area contributed by atoms with Gasteiger partial charge in [0.2, 0.25) is 23.6 Å².